The predicted octanol–water partition coefficient (Wildman–Crippen LogP) is 19.4. The maximum atomic E-state index is 13.1. The van der Waals surface area contributed by atoms with Gasteiger partial charge in [0.2, 0.25) is 5.91 Å². The van der Waals surface area contributed by atoms with Crippen LogP contribution in [0.15, 0.2) is 36.5 Å². The van der Waals surface area contributed by atoms with Gasteiger partial charge in [0, 0.05) is 6.42 Å². The van der Waals surface area contributed by atoms with Crippen molar-refractivity contribution in [1.82, 2.24) is 5.32 Å². The lowest BCUT2D eigenvalue weighted by molar-refractivity contribution is -0.302. The van der Waals surface area contributed by atoms with Gasteiger partial charge in [-0.2, -0.15) is 0 Å². The molecule has 0 aliphatic carbocycles. The van der Waals surface area contributed by atoms with Crippen molar-refractivity contribution in [3.63, 3.8) is 0 Å². The normalized spacial score (nSPS) is 18.5. The second-order valence-corrected chi connectivity index (χ2v) is 25.0. The van der Waals surface area contributed by atoms with Crippen molar-refractivity contribution in [3.05, 3.63) is 36.5 Å². The van der Waals surface area contributed by atoms with Gasteiger partial charge in [-0.3, -0.25) is 4.79 Å². The van der Waals surface area contributed by atoms with Crippen LogP contribution >= 0.6 is 0 Å². The first-order chi connectivity index (χ1) is 39.8. The molecular weight excluding hydrogens is 1010 g/mol. The number of carbonyl (C=O) groups excluding carboxylic acids is 1. The molecule has 81 heavy (non-hydrogen) atoms. The third-order valence-corrected chi connectivity index (χ3v) is 17.2. The molecule has 7 unspecified atom stereocenters. The minimum absolute atomic E-state index is 0.183. The summed E-state index contributed by atoms with van der Waals surface area (Å²) in [6.07, 6.45) is 75.6. The molecule has 1 fully saturated rings. The largest absolute Gasteiger partial charge is 0.394 e. The molecule has 0 aromatic rings. The molecule has 9 nitrogen and oxygen atoms in total. The number of aliphatic hydroxyl groups excluding tert-OH is 5. The SMILES string of the molecule is CCCCCCCCCCCCCCCC/C=C/CC/C=C/CC/C=C/C(O)C(COC1OC(CO)C(O)C(O)C1O)NC(=O)CCCCCCCCCCCCCCCCCCCCCCCCCCCCCCCCCCCC. The molecule has 0 radical (unpaired) electrons. The summed E-state index contributed by atoms with van der Waals surface area (Å²) in [5.41, 5.74) is 0. The van der Waals surface area contributed by atoms with E-state index in [2.05, 4.69) is 43.5 Å². The number of hydrogen-bond donors (Lipinski definition) is 6. The quantitative estimate of drug-likeness (QED) is 0.0261. The van der Waals surface area contributed by atoms with Crippen molar-refractivity contribution in [3.8, 4) is 0 Å². The van der Waals surface area contributed by atoms with Crippen LogP contribution < -0.4 is 5.32 Å². The summed E-state index contributed by atoms with van der Waals surface area (Å²) in [5.74, 6) is -0.183. The number of unbranched alkanes of at least 4 members (excludes halogenated alkanes) is 49. The molecule has 7 atom stereocenters. The lowest BCUT2D eigenvalue weighted by atomic mass is 9.99. The molecule has 6 N–H and O–H groups in total. The third kappa shape index (κ3) is 50.3. The standard InChI is InChI=1S/C72H137NO8/c1-3-5-7-9-11-13-15-17-19-21-23-25-27-29-30-31-32-33-34-35-36-37-38-40-42-44-46-48-50-52-54-56-58-60-62-68(76)73-65(64-80-72-71(79)70(78)69(77)67(63-74)81-72)66(75)61-59-57-55-53-51-49-47-45-43-41-39-28-26-24-22-20-18-16-14-12-10-8-6-4-2/h43,45,51,53,59,61,65-67,69-72,74-75,77-79H,3-42,44,46-50,52,54-58,60,62-64H2,1-2H3,(H,73,76)/b45-43+,53-51+,61-59+. The minimum atomic E-state index is -1.57. The number of ether oxygens (including phenoxy) is 2. The van der Waals surface area contributed by atoms with Gasteiger partial charge < -0.3 is 40.3 Å². The van der Waals surface area contributed by atoms with E-state index in [4.69, 9.17) is 9.47 Å². The smallest absolute Gasteiger partial charge is 0.220 e. The maximum Gasteiger partial charge on any atom is 0.220 e. The molecule has 1 amide bonds. The number of aliphatic hydroxyl groups is 5. The van der Waals surface area contributed by atoms with Gasteiger partial charge in [-0.05, 0) is 44.9 Å². The summed E-state index contributed by atoms with van der Waals surface area (Å²) in [6, 6.07) is -0.828. The van der Waals surface area contributed by atoms with Crippen molar-refractivity contribution in [2.75, 3.05) is 13.2 Å². The van der Waals surface area contributed by atoms with E-state index in [0.29, 0.717) is 6.42 Å². The molecular formula is C72H137NO8. The van der Waals surface area contributed by atoms with E-state index in [0.717, 1.165) is 44.9 Å². The van der Waals surface area contributed by atoms with Crippen molar-refractivity contribution in [1.29, 1.82) is 0 Å². The number of amides is 1. The van der Waals surface area contributed by atoms with E-state index in [1.54, 1.807) is 6.08 Å². The first-order valence-electron chi connectivity index (χ1n) is 35.7. The average Bonchev–Trinajstić information content (AvgIpc) is 3.50. The van der Waals surface area contributed by atoms with E-state index in [1.807, 2.05) is 6.08 Å². The summed E-state index contributed by atoms with van der Waals surface area (Å²) in [4.78, 5) is 13.1. The fourth-order valence-corrected chi connectivity index (χ4v) is 11.6. The monoisotopic (exact) mass is 1140 g/mol. The Morgan fingerprint density at radius 2 is 0.704 bits per heavy atom. The molecule has 1 saturated heterocycles. The van der Waals surface area contributed by atoms with E-state index < -0.39 is 49.5 Å². The summed E-state index contributed by atoms with van der Waals surface area (Å²) in [6.45, 7) is 3.81. The van der Waals surface area contributed by atoms with Crippen LogP contribution in [0.1, 0.15) is 361 Å². The highest BCUT2D eigenvalue weighted by molar-refractivity contribution is 5.76. The average molecular weight is 1140 g/mol. The molecule has 1 aliphatic rings. The van der Waals surface area contributed by atoms with Crippen LogP contribution in [0.25, 0.3) is 0 Å². The highest BCUT2D eigenvalue weighted by Gasteiger charge is 2.44. The molecule has 478 valence electrons. The molecule has 0 bridgehead atoms. The summed E-state index contributed by atoms with van der Waals surface area (Å²) < 4.78 is 11.3. The topological polar surface area (TPSA) is 149 Å². The van der Waals surface area contributed by atoms with Crippen molar-refractivity contribution in [2.24, 2.45) is 0 Å². The number of rotatable bonds is 63. The predicted molar refractivity (Wildman–Crippen MR) is 346 cm³/mol. The highest BCUT2D eigenvalue weighted by atomic mass is 16.7. The highest BCUT2D eigenvalue weighted by Crippen LogP contribution is 2.23. The Kier molecular flexibility index (Phi) is 58.8. The molecule has 1 heterocycles. The number of hydrogen-bond acceptors (Lipinski definition) is 8. The van der Waals surface area contributed by atoms with Crippen LogP contribution in [0.5, 0.6) is 0 Å². The lowest BCUT2D eigenvalue weighted by Gasteiger charge is -2.40. The lowest BCUT2D eigenvalue weighted by Crippen LogP contribution is -2.60. The molecule has 1 aliphatic heterocycles. The first-order valence-corrected chi connectivity index (χ1v) is 35.7. The maximum absolute atomic E-state index is 13.1. The van der Waals surface area contributed by atoms with Crippen LogP contribution in [0.3, 0.4) is 0 Å². The molecule has 9 heteroatoms. The van der Waals surface area contributed by atoms with Gasteiger partial charge in [0.05, 0.1) is 25.4 Å². The third-order valence-electron chi connectivity index (χ3n) is 17.2. The van der Waals surface area contributed by atoms with Crippen molar-refractivity contribution < 1.29 is 39.8 Å². The Morgan fingerprint density at radius 3 is 1.04 bits per heavy atom. The Balaban J connectivity index is 2.12. The van der Waals surface area contributed by atoms with Gasteiger partial charge in [-0.1, -0.05) is 346 Å². The molecule has 0 saturated carbocycles. The van der Waals surface area contributed by atoms with Crippen LogP contribution in [0.4, 0.5) is 0 Å². The summed E-state index contributed by atoms with van der Waals surface area (Å²) >= 11 is 0. The zero-order valence-electron chi connectivity index (χ0n) is 53.6. The Morgan fingerprint density at radius 1 is 0.407 bits per heavy atom. The van der Waals surface area contributed by atoms with Gasteiger partial charge in [0.15, 0.2) is 6.29 Å². The minimum Gasteiger partial charge on any atom is -0.394 e. The van der Waals surface area contributed by atoms with E-state index >= 15 is 0 Å². The van der Waals surface area contributed by atoms with E-state index in [1.165, 1.54) is 295 Å². The summed E-state index contributed by atoms with van der Waals surface area (Å²) in [7, 11) is 0. The molecule has 1 rings (SSSR count). The number of allylic oxidation sites excluding steroid dienone is 5. The molecule has 0 spiro atoms. The summed E-state index contributed by atoms with van der Waals surface area (Å²) in [5, 5.41) is 54.7. The van der Waals surface area contributed by atoms with Crippen molar-refractivity contribution in [2.45, 2.75) is 403 Å². The fourth-order valence-electron chi connectivity index (χ4n) is 11.6. The van der Waals surface area contributed by atoms with E-state index in [-0.39, 0.29) is 12.5 Å². The van der Waals surface area contributed by atoms with E-state index in [9.17, 15) is 30.3 Å². The molecule has 0 aromatic heterocycles. The zero-order chi connectivity index (χ0) is 58.6. The second kappa shape index (κ2) is 61.5. The Bertz CT molecular complexity index is 1370. The Labute approximate surface area is 501 Å². The zero-order valence-corrected chi connectivity index (χ0v) is 53.6. The fraction of sp³-hybridized carbons (Fsp3) is 0.903. The van der Waals surface area contributed by atoms with Crippen LogP contribution in [-0.2, 0) is 14.3 Å². The van der Waals surface area contributed by atoms with Gasteiger partial charge in [-0.15, -0.1) is 0 Å². The number of carbonyl (C=O) groups is 1. The van der Waals surface area contributed by atoms with Crippen molar-refractivity contribution >= 4 is 5.91 Å². The van der Waals surface area contributed by atoms with Gasteiger partial charge in [-0.25, -0.2) is 0 Å². The van der Waals surface area contributed by atoms with Crippen LogP contribution in [-0.4, -0.2) is 87.5 Å². The van der Waals surface area contributed by atoms with Gasteiger partial charge >= 0.3 is 0 Å². The Hall–Kier alpha value is -1.59. The molecule has 0 aromatic carbocycles. The number of nitrogens with one attached hydrogen (secondary N) is 1. The second-order valence-electron chi connectivity index (χ2n) is 25.0. The first kappa shape index (κ1) is 77.4. The van der Waals surface area contributed by atoms with Gasteiger partial charge in [0.1, 0.15) is 24.4 Å². The van der Waals surface area contributed by atoms with Gasteiger partial charge in [0.25, 0.3) is 0 Å². The van der Waals surface area contributed by atoms with Crippen LogP contribution in [0, 0.1) is 0 Å². The van der Waals surface area contributed by atoms with Crippen LogP contribution in [0.2, 0.25) is 0 Å².